The molecular formula is C17H15N5O3. The number of aromatic nitrogens is 4. The summed E-state index contributed by atoms with van der Waals surface area (Å²) in [5.74, 6) is 1.51. The number of rotatable bonds is 3. The van der Waals surface area contributed by atoms with Crippen LogP contribution >= 0.6 is 0 Å². The number of aryl methyl sites for hydroxylation is 2. The van der Waals surface area contributed by atoms with Gasteiger partial charge in [-0.05, 0) is 19.1 Å². The third-order valence-electron chi connectivity index (χ3n) is 4.04. The molecule has 126 valence electrons. The predicted molar refractivity (Wildman–Crippen MR) is 91.4 cm³/mol. The smallest absolute Gasteiger partial charge is 0.248 e. The minimum absolute atomic E-state index is 0.357. The molecule has 3 N–H and O–H groups in total. The second-order valence-corrected chi connectivity index (χ2v) is 5.69. The monoisotopic (exact) mass is 337 g/mol. The van der Waals surface area contributed by atoms with E-state index in [9.17, 15) is 4.79 Å². The number of carbonyl (C=O) groups excluding carboxylic acids is 1. The summed E-state index contributed by atoms with van der Waals surface area (Å²) >= 11 is 0. The van der Waals surface area contributed by atoms with Gasteiger partial charge in [0.25, 0.3) is 0 Å². The molecule has 8 nitrogen and oxygen atoms in total. The Labute approximate surface area is 142 Å². The van der Waals surface area contributed by atoms with Crippen LogP contribution in [0.1, 0.15) is 21.9 Å². The first-order chi connectivity index (χ1) is 12.0. The molecule has 1 amide bonds. The maximum atomic E-state index is 11.6. The maximum absolute atomic E-state index is 11.6. The highest BCUT2D eigenvalue weighted by Gasteiger charge is 2.17. The summed E-state index contributed by atoms with van der Waals surface area (Å²) in [6.45, 7) is 3.61. The van der Waals surface area contributed by atoms with Crippen LogP contribution in [0.5, 0.6) is 5.75 Å². The number of nitrogens with zero attached hydrogens (tertiary/aromatic N) is 3. The number of H-pyrrole nitrogens is 1. The molecule has 0 saturated carbocycles. The lowest BCUT2D eigenvalue weighted by Gasteiger charge is -2.04. The van der Waals surface area contributed by atoms with Crippen LogP contribution in [0.3, 0.4) is 0 Å². The van der Waals surface area contributed by atoms with E-state index in [1.807, 2.05) is 6.92 Å². The topological polar surface area (TPSA) is 120 Å². The third-order valence-corrected chi connectivity index (χ3v) is 4.04. The molecule has 3 heterocycles. The Hall–Kier alpha value is -3.42. The number of methoxy groups -OCH3 is 1. The van der Waals surface area contributed by atoms with Crippen molar-refractivity contribution in [2.24, 2.45) is 5.73 Å². The molecule has 25 heavy (non-hydrogen) atoms. The van der Waals surface area contributed by atoms with E-state index in [-0.39, 0.29) is 0 Å². The Bertz CT molecular complexity index is 1140. The van der Waals surface area contributed by atoms with Crippen LogP contribution in [0.25, 0.3) is 33.5 Å². The van der Waals surface area contributed by atoms with Crippen LogP contribution in [0, 0.1) is 13.8 Å². The number of carbonyl (C=O) groups is 1. The molecule has 0 aliphatic carbocycles. The minimum atomic E-state index is -0.528. The first kappa shape index (κ1) is 15.1. The lowest BCUT2D eigenvalue weighted by atomic mass is 10.1. The van der Waals surface area contributed by atoms with Crippen molar-refractivity contribution in [2.75, 3.05) is 7.11 Å². The summed E-state index contributed by atoms with van der Waals surface area (Å²) in [5.41, 5.74) is 7.81. The quantitative estimate of drug-likeness (QED) is 0.592. The van der Waals surface area contributed by atoms with Crippen molar-refractivity contribution in [1.29, 1.82) is 0 Å². The van der Waals surface area contributed by atoms with Gasteiger partial charge >= 0.3 is 0 Å². The predicted octanol–water partition coefficient (Wildman–Crippen LogP) is 2.49. The van der Waals surface area contributed by atoms with Crippen molar-refractivity contribution < 1.29 is 13.9 Å². The summed E-state index contributed by atoms with van der Waals surface area (Å²) in [5, 5.41) is 1.52. The number of primary amides is 1. The molecule has 0 unspecified atom stereocenters. The summed E-state index contributed by atoms with van der Waals surface area (Å²) in [6, 6.07) is 3.30. The molecule has 3 aromatic heterocycles. The molecule has 4 aromatic rings. The van der Waals surface area contributed by atoms with Gasteiger partial charge in [-0.15, -0.1) is 0 Å². The van der Waals surface area contributed by atoms with E-state index in [1.54, 1.807) is 25.3 Å². The Morgan fingerprint density at radius 2 is 2.04 bits per heavy atom. The van der Waals surface area contributed by atoms with Crippen molar-refractivity contribution in [3.8, 4) is 17.3 Å². The van der Waals surface area contributed by atoms with E-state index in [0.29, 0.717) is 34.4 Å². The van der Waals surface area contributed by atoms with E-state index < -0.39 is 5.91 Å². The molecule has 1 aromatic carbocycles. The highest BCUT2D eigenvalue weighted by atomic mass is 16.5. The molecule has 0 radical (unpaired) electrons. The molecule has 0 spiro atoms. The zero-order valence-electron chi connectivity index (χ0n) is 13.9. The number of aromatic amines is 1. The maximum Gasteiger partial charge on any atom is 0.248 e. The van der Waals surface area contributed by atoms with Gasteiger partial charge in [0.2, 0.25) is 5.91 Å². The zero-order valence-corrected chi connectivity index (χ0v) is 13.9. The van der Waals surface area contributed by atoms with Gasteiger partial charge in [0.1, 0.15) is 11.4 Å². The van der Waals surface area contributed by atoms with Gasteiger partial charge < -0.3 is 19.9 Å². The molecular weight excluding hydrogens is 322 g/mol. The molecule has 0 aliphatic heterocycles. The van der Waals surface area contributed by atoms with Crippen LogP contribution < -0.4 is 10.5 Å². The number of hydrogen-bond acceptors (Lipinski definition) is 6. The molecule has 0 aliphatic rings. The summed E-state index contributed by atoms with van der Waals surface area (Å²) < 4.78 is 11.0. The molecule has 0 fully saturated rings. The van der Waals surface area contributed by atoms with Crippen LogP contribution in [0.4, 0.5) is 0 Å². The standard InChI is InChI=1S/C17H15N5O3/c1-7-14(25-8(2)20-7)17-19-6-11-10-4-9(15(18)23)5-12(24-3)13(10)21-16(11)22-17/h4-6H,1-3H3,(H2,18,23)(H,19,21,22). The fourth-order valence-corrected chi connectivity index (χ4v) is 2.90. The van der Waals surface area contributed by atoms with Gasteiger partial charge in [0.15, 0.2) is 17.5 Å². The lowest BCUT2D eigenvalue weighted by molar-refractivity contribution is 0.1000. The van der Waals surface area contributed by atoms with Gasteiger partial charge in [-0.3, -0.25) is 4.79 Å². The number of benzene rings is 1. The average molecular weight is 337 g/mol. The van der Waals surface area contributed by atoms with Gasteiger partial charge in [-0.25, -0.2) is 15.0 Å². The van der Waals surface area contributed by atoms with Gasteiger partial charge in [0, 0.05) is 29.5 Å². The van der Waals surface area contributed by atoms with Crippen molar-refractivity contribution >= 4 is 27.8 Å². The molecule has 0 atom stereocenters. The third kappa shape index (κ3) is 2.30. The second-order valence-electron chi connectivity index (χ2n) is 5.69. The van der Waals surface area contributed by atoms with Gasteiger partial charge in [-0.2, -0.15) is 0 Å². The number of hydrogen-bond donors (Lipinski definition) is 2. The number of fused-ring (bicyclic) bond motifs is 3. The lowest BCUT2D eigenvalue weighted by Crippen LogP contribution is -2.10. The van der Waals surface area contributed by atoms with Crippen molar-refractivity contribution in [1.82, 2.24) is 19.9 Å². The normalized spacial score (nSPS) is 11.3. The number of ether oxygens (including phenoxy) is 1. The number of amides is 1. The van der Waals surface area contributed by atoms with E-state index in [1.165, 1.54) is 7.11 Å². The van der Waals surface area contributed by atoms with Gasteiger partial charge in [0.05, 0.1) is 18.3 Å². The number of oxazole rings is 1. The van der Waals surface area contributed by atoms with Crippen LogP contribution in [-0.2, 0) is 0 Å². The number of nitrogens with two attached hydrogens (primary N) is 1. The first-order valence-corrected chi connectivity index (χ1v) is 7.58. The van der Waals surface area contributed by atoms with Crippen molar-refractivity contribution in [3.05, 3.63) is 35.5 Å². The second kappa shape index (κ2) is 5.30. The van der Waals surface area contributed by atoms with Crippen molar-refractivity contribution in [3.63, 3.8) is 0 Å². The van der Waals surface area contributed by atoms with Crippen LogP contribution in [0.2, 0.25) is 0 Å². The number of nitrogens with one attached hydrogen (secondary N) is 1. The summed E-state index contributed by atoms with van der Waals surface area (Å²) in [7, 11) is 1.53. The molecule has 0 bridgehead atoms. The Balaban J connectivity index is 1.99. The van der Waals surface area contributed by atoms with E-state index >= 15 is 0 Å². The Morgan fingerprint density at radius 3 is 2.68 bits per heavy atom. The molecule has 0 saturated heterocycles. The van der Waals surface area contributed by atoms with E-state index in [0.717, 1.165) is 22.0 Å². The summed E-state index contributed by atoms with van der Waals surface area (Å²) in [4.78, 5) is 27.9. The fraction of sp³-hybridized carbons (Fsp3) is 0.176. The van der Waals surface area contributed by atoms with Crippen LogP contribution in [-0.4, -0.2) is 33.0 Å². The SMILES string of the molecule is COc1cc(C(N)=O)cc2c1[nH]c1nc(-c3oc(C)nc3C)ncc12. The Kier molecular flexibility index (Phi) is 3.21. The average Bonchev–Trinajstić information content (AvgIpc) is 3.12. The van der Waals surface area contributed by atoms with E-state index in [4.69, 9.17) is 14.9 Å². The first-order valence-electron chi connectivity index (χ1n) is 7.58. The van der Waals surface area contributed by atoms with Crippen molar-refractivity contribution in [2.45, 2.75) is 13.8 Å². The Morgan fingerprint density at radius 1 is 1.24 bits per heavy atom. The fourth-order valence-electron chi connectivity index (χ4n) is 2.90. The van der Waals surface area contributed by atoms with Crippen LogP contribution in [0.15, 0.2) is 22.7 Å². The minimum Gasteiger partial charge on any atom is -0.495 e. The molecule has 4 rings (SSSR count). The molecule has 8 heteroatoms. The summed E-state index contributed by atoms with van der Waals surface area (Å²) in [6.07, 6.45) is 1.68. The zero-order chi connectivity index (χ0) is 17.7. The highest BCUT2D eigenvalue weighted by molar-refractivity contribution is 6.10. The highest BCUT2D eigenvalue weighted by Crippen LogP contribution is 2.33. The largest absolute Gasteiger partial charge is 0.495 e. The van der Waals surface area contributed by atoms with Gasteiger partial charge in [-0.1, -0.05) is 0 Å². The van der Waals surface area contributed by atoms with E-state index in [2.05, 4.69) is 19.9 Å².